The number of esters is 1. The van der Waals surface area contributed by atoms with Crippen LogP contribution in [0.4, 0.5) is 0 Å². The summed E-state index contributed by atoms with van der Waals surface area (Å²) in [5.74, 6) is 0.475. The second kappa shape index (κ2) is 5.79. The summed E-state index contributed by atoms with van der Waals surface area (Å²) in [6.07, 6.45) is 8.31. The van der Waals surface area contributed by atoms with Crippen LogP contribution in [0.2, 0.25) is 0 Å². The Kier molecular flexibility index (Phi) is 4.58. The van der Waals surface area contributed by atoms with E-state index in [-0.39, 0.29) is 5.97 Å². The Morgan fingerprint density at radius 3 is 2.69 bits per heavy atom. The van der Waals surface area contributed by atoms with Crippen molar-refractivity contribution in [2.24, 2.45) is 5.92 Å². The molecule has 74 valence electrons. The van der Waals surface area contributed by atoms with Crippen molar-refractivity contribution in [3.63, 3.8) is 0 Å². The lowest BCUT2D eigenvalue weighted by Gasteiger charge is -2.20. The zero-order valence-corrected chi connectivity index (χ0v) is 8.13. The number of hydrogen-bond donors (Lipinski definition) is 0. The van der Waals surface area contributed by atoms with Crippen LogP contribution in [-0.4, -0.2) is 12.6 Å². The van der Waals surface area contributed by atoms with E-state index >= 15 is 0 Å². The molecule has 0 atom stereocenters. The first-order chi connectivity index (χ1) is 6.33. The van der Waals surface area contributed by atoms with Crippen molar-refractivity contribution in [3.05, 3.63) is 12.7 Å². The van der Waals surface area contributed by atoms with Crippen LogP contribution in [0.15, 0.2) is 12.7 Å². The fourth-order valence-corrected chi connectivity index (χ4v) is 1.74. The van der Waals surface area contributed by atoms with Crippen LogP contribution < -0.4 is 0 Å². The Labute approximate surface area is 80.0 Å². The summed E-state index contributed by atoms with van der Waals surface area (Å²) in [6, 6.07) is 0. The molecule has 0 aromatic heterocycles. The van der Waals surface area contributed by atoms with Gasteiger partial charge in [-0.2, -0.15) is 0 Å². The molecule has 0 unspecified atom stereocenters. The van der Waals surface area contributed by atoms with E-state index in [9.17, 15) is 4.79 Å². The Balaban J connectivity index is 2.09. The van der Waals surface area contributed by atoms with Crippen LogP contribution in [0.3, 0.4) is 0 Å². The molecule has 0 bridgehead atoms. The van der Waals surface area contributed by atoms with E-state index in [0.29, 0.717) is 18.9 Å². The predicted octanol–water partition coefficient (Wildman–Crippen LogP) is 2.69. The van der Waals surface area contributed by atoms with Crippen molar-refractivity contribution >= 4 is 5.97 Å². The van der Waals surface area contributed by atoms with Crippen molar-refractivity contribution in [1.29, 1.82) is 0 Å². The van der Waals surface area contributed by atoms with Gasteiger partial charge in [-0.25, -0.2) is 0 Å². The first-order valence-electron chi connectivity index (χ1n) is 5.09. The highest BCUT2D eigenvalue weighted by molar-refractivity contribution is 5.70. The normalized spacial score (nSPS) is 18.2. The minimum atomic E-state index is -0.138. The number of rotatable bonds is 4. The molecule has 0 amide bonds. The molecule has 0 saturated heterocycles. The molecule has 13 heavy (non-hydrogen) atoms. The summed E-state index contributed by atoms with van der Waals surface area (Å²) >= 11 is 0. The smallest absolute Gasteiger partial charge is 0.309 e. The fourth-order valence-electron chi connectivity index (χ4n) is 1.74. The average Bonchev–Trinajstić information content (AvgIpc) is 2.17. The van der Waals surface area contributed by atoms with Crippen molar-refractivity contribution < 1.29 is 9.53 Å². The van der Waals surface area contributed by atoms with Gasteiger partial charge in [-0.15, -0.1) is 6.58 Å². The summed E-state index contributed by atoms with van der Waals surface area (Å²) in [4.78, 5) is 11.0. The third kappa shape index (κ3) is 4.11. The lowest BCUT2D eigenvalue weighted by molar-refractivity contribution is -0.144. The molecule has 0 aromatic rings. The monoisotopic (exact) mass is 182 g/mol. The van der Waals surface area contributed by atoms with Gasteiger partial charge in [-0.1, -0.05) is 25.3 Å². The quantitative estimate of drug-likeness (QED) is 0.493. The molecule has 1 fully saturated rings. The highest BCUT2D eigenvalue weighted by atomic mass is 16.5. The number of ether oxygens (including phenoxy) is 1. The third-order valence-corrected chi connectivity index (χ3v) is 2.52. The molecule has 2 heteroatoms. The average molecular weight is 182 g/mol. The summed E-state index contributed by atoms with van der Waals surface area (Å²) < 4.78 is 5.11. The molecule has 0 N–H and O–H groups in total. The molecule has 0 spiro atoms. The molecule has 1 saturated carbocycles. The van der Waals surface area contributed by atoms with Crippen molar-refractivity contribution in [2.75, 3.05) is 6.61 Å². The summed E-state index contributed by atoms with van der Waals surface area (Å²) in [5.41, 5.74) is 0. The van der Waals surface area contributed by atoms with Crippen LogP contribution >= 0.6 is 0 Å². The van der Waals surface area contributed by atoms with E-state index in [4.69, 9.17) is 4.74 Å². The van der Waals surface area contributed by atoms with Crippen LogP contribution in [0.25, 0.3) is 0 Å². The van der Waals surface area contributed by atoms with Gasteiger partial charge in [0.05, 0.1) is 13.0 Å². The minimum absolute atomic E-state index is 0.138. The van der Waals surface area contributed by atoms with Crippen LogP contribution in [0, 0.1) is 5.92 Å². The Bertz CT molecular complexity index is 169. The van der Waals surface area contributed by atoms with E-state index in [1.807, 2.05) is 0 Å². The number of hydrogen-bond acceptors (Lipinski definition) is 2. The molecule has 1 aliphatic rings. The summed E-state index contributed by atoms with van der Waals surface area (Å²) in [6.45, 7) is 4.11. The van der Waals surface area contributed by atoms with Gasteiger partial charge < -0.3 is 4.74 Å². The van der Waals surface area contributed by atoms with Gasteiger partial charge in [0.2, 0.25) is 0 Å². The molecule has 0 heterocycles. The highest BCUT2D eigenvalue weighted by Crippen LogP contribution is 2.23. The summed E-state index contributed by atoms with van der Waals surface area (Å²) in [5, 5.41) is 0. The van der Waals surface area contributed by atoms with Crippen LogP contribution in [-0.2, 0) is 9.53 Å². The van der Waals surface area contributed by atoms with Crippen LogP contribution in [0.1, 0.15) is 38.5 Å². The minimum Gasteiger partial charge on any atom is -0.465 e. The molecule has 1 rings (SSSR count). The zero-order chi connectivity index (χ0) is 9.52. The van der Waals surface area contributed by atoms with Gasteiger partial charge >= 0.3 is 5.97 Å². The molecule has 0 aromatic carbocycles. The Morgan fingerprint density at radius 2 is 2.08 bits per heavy atom. The van der Waals surface area contributed by atoms with Gasteiger partial charge in [0.15, 0.2) is 0 Å². The highest BCUT2D eigenvalue weighted by Gasteiger charge is 2.14. The van der Waals surface area contributed by atoms with E-state index < -0.39 is 0 Å². The van der Waals surface area contributed by atoms with Crippen molar-refractivity contribution in [1.82, 2.24) is 0 Å². The predicted molar refractivity (Wildman–Crippen MR) is 52.3 cm³/mol. The number of carbonyl (C=O) groups is 1. The maximum Gasteiger partial charge on any atom is 0.309 e. The van der Waals surface area contributed by atoms with Gasteiger partial charge in [-0.05, 0) is 18.8 Å². The molecular formula is C11H18O2. The Hall–Kier alpha value is -0.790. The number of carbonyl (C=O) groups excluding carboxylic acids is 1. The van der Waals surface area contributed by atoms with Gasteiger partial charge in [0, 0.05) is 0 Å². The lowest BCUT2D eigenvalue weighted by Crippen LogP contribution is -2.16. The van der Waals surface area contributed by atoms with Crippen LogP contribution in [0.5, 0.6) is 0 Å². The molecular weight excluding hydrogens is 164 g/mol. The molecule has 1 aliphatic carbocycles. The molecule has 2 nitrogen and oxygen atoms in total. The standard InChI is InChI=1S/C11H18O2/c1-2-6-11(12)13-9-10-7-4-3-5-8-10/h2,10H,1,3-9H2. The second-order valence-electron chi connectivity index (χ2n) is 3.68. The second-order valence-corrected chi connectivity index (χ2v) is 3.68. The fraction of sp³-hybridized carbons (Fsp3) is 0.727. The van der Waals surface area contributed by atoms with E-state index in [1.54, 1.807) is 6.08 Å². The Morgan fingerprint density at radius 1 is 1.38 bits per heavy atom. The third-order valence-electron chi connectivity index (χ3n) is 2.52. The van der Waals surface area contributed by atoms with E-state index in [0.717, 1.165) is 0 Å². The summed E-state index contributed by atoms with van der Waals surface area (Å²) in [7, 11) is 0. The first kappa shape index (κ1) is 10.3. The van der Waals surface area contributed by atoms with Gasteiger partial charge in [0.1, 0.15) is 0 Å². The SMILES string of the molecule is C=CCC(=O)OCC1CCCCC1. The molecule has 0 aliphatic heterocycles. The van der Waals surface area contributed by atoms with Crippen molar-refractivity contribution in [2.45, 2.75) is 38.5 Å². The van der Waals surface area contributed by atoms with Crippen molar-refractivity contribution in [3.8, 4) is 0 Å². The van der Waals surface area contributed by atoms with E-state index in [2.05, 4.69) is 6.58 Å². The zero-order valence-electron chi connectivity index (χ0n) is 8.13. The maximum atomic E-state index is 11.0. The van der Waals surface area contributed by atoms with Gasteiger partial charge in [-0.3, -0.25) is 4.79 Å². The van der Waals surface area contributed by atoms with E-state index in [1.165, 1.54) is 32.1 Å². The van der Waals surface area contributed by atoms with Gasteiger partial charge in [0.25, 0.3) is 0 Å². The largest absolute Gasteiger partial charge is 0.465 e. The first-order valence-corrected chi connectivity index (χ1v) is 5.09. The topological polar surface area (TPSA) is 26.3 Å². The maximum absolute atomic E-state index is 11.0. The molecule has 0 radical (unpaired) electrons. The lowest BCUT2D eigenvalue weighted by atomic mass is 9.90.